The van der Waals surface area contributed by atoms with Crippen LogP contribution in [0.4, 0.5) is 5.69 Å². The van der Waals surface area contributed by atoms with Crippen LogP contribution in [0, 0.1) is 0 Å². The highest BCUT2D eigenvalue weighted by molar-refractivity contribution is 8.01. The van der Waals surface area contributed by atoms with Crippen molar-refractivity contribution >= 4 is 72.4 Å². The van der Waals surface area contributed by atoms with E-state index < -0.39 is 0 Å². The lowest BCUT2D eigenvalue weighted by atomic mass is 9.97. The number of imide groups is 1. The monoisotopic (exact) mass is 582 g/mol. The molecule has 8 nitrogen and oxygen atoms in total. The van der Waals surface area contributed by atoms with E-state index in [2.05, 4.69) is 9.97 Å². The second kappa shape index (κ2) is 8.98. The van der Waals surface area contributed by atoms with E-state index in [0.717, 1.165) is 56.0 Å². The third kappa shape index (κ3) is 3.69. The number of H-pyrrole nitrogens is 1. The zero-order chi connectivity index (χ0) is 27.0. The lowest BCUT2D eigenvalue weighted by Crippen LogP contribution is -2.29. The number of hydrogen-bond acceptors (Lipinski definition) is 9. The first-order valence-corrected chi connectivity index (χ1v) is 15.2. The molecule has 4 aromatic heterocycles. The van der Waals surface area contributed by atoms with Crippen LogP contribution < -0.4 is 10.5 Å². The average molecular weight is 583 g/mol. The molecule has 1 aliphatic carbocycles. The van der Waals surface area contributed by atoms with Gasteiger partial charge in [0.25, 0.3) is 17.4 Å². The van der Waals surface area contributed by atoms with Crippen LogP contribution in [0.1, 0.15) is 44.0 Å². The van der Waals surface area contributed by atoms with E-state index in [-0.39, 0.29) is 17.4 Å². The van der Waals surface area contributed by atoms with Crippen molar-refractivity contribution in [1.82, 2.24) is 15.0 Å². The summed E-state index contributed by atoms with van der Waals surface area (Å²) in [6, 6.07) is 15.9. The van der Waals surface area contributed by atoms with Gasteiger partial charge in [0.2, 0.25) is 0 Å². The molecule has 8 rings (SSSR count). The highest BCUT2D eigenvalue weighted by Crippen LogP contribution is 2.39. The van der Waals surface area contributed by atoms with Crippen LogP contribution in [0.3, 0.4) is 0 Å². The molecule has 6 aromatic rings. The summed E-state index contributed by atoms with van der Waals surface area (Å²) in [4.78, 5) is 54.3. The lowest BCUT2D eigenvalue weighted by molar-refractivity contribution is 0.0926. The van der Waals surface area contributed by atoms with E-state index in [1.807, 2.05) is 18.2 Å². The summed E-state index contributed by atoms with van der Waals surface area (Å²) in [5, 5.41) is 1.34. The van der Waals surface area contributed by atoms with Crippen molar-refractivity contribution in [3.63, 3.8) is 0 Å². The molecule has 0 bridgehead atoms. The van der Waals surface area contributed by atoms with Crippen molar-refractivity contribution in [1.29, 1.82) is 0 Å². The number of amides is 2. The van der Waals surface area contributed by atoms with Crippen LogP contribution in [-0.4, -0.2) is 26.8 Å². The molecular formula is C29H18N4O4S3. The first-order valence-electron chi connectivity index (χ1n) is 12.7. The molecule has 2 aromatic carbocycles. The van der Waals surface area contributed by atoms with Crippen molar-refractivity contribution < 1.29 is 14.0 Å². The summed E-state index contributed by atoms with van der Waals surface area (Å²) in [6.07, 6.45) is 4.20. The van der Waals surface area contributed by atoms with Crippen molar-refractivity contribution in [2.75, 3.05) is 4.90 Å². The van der Waals surface area contributed by atoms with E-state index in [4.69, 9.17) is 9.40 Å². The van der Waals surface area contributed by atoms with Crippen molar-refractivity contribution in [3.8, 4) is 11.6 Å². The molecule has 0 unspecified atom stereocenters. The third-order valence-corrected chi connectivity index (χ3v) is 10.4. The smallest absolute Gasteiger partial charge is 0.266 e. The molecular weight excluding hydrogens is 565 g/mol. The van der Waals surface area contributed by atoms with Crippen molar-refractivity contribution in [3.05, 3.63) is 86.5 Å². The molecule has 40 heavy (non-hydrogen) atoms. The quantitative estimate of drug-likeness (QED) is 0.231. The molecule has 0 saturated heterocycles. The Hall–Kier alpha value is -4.06. The maximum atomic E-state index is 12.9. The number of rotatable bonds is 4. The molecule has 1 N–H and O–H groups in total. The molecule has 0 spiro atoms. The SMILES string of the molecule is O=C1c2ccccc2C(=O)N1c1ccc2nc(Sc3ccc(-c4nc5sc6c(c5c(=O)[nH]4)CCCC6)o3)sc2c1. The number of thiophene rings is 1. The number of carbonyl (C=O) groups is 2. The van der Waals surface area contributed by atoms with E-state index in [1.165, 1.54) is 32.9 Å². The Balaban J connectivity index is 1.07. The molecule has 5 heterocycles. The number of hydrogen-bond donors (Lipinski definition) is 1. The van der Waals surface area contributed by atoms with Gasteiger partial charge in [-0.15, -0.1) is 22.7 Å². The Morgan fingerprint density at radius 2 is 1.70 bits per heavy atom. The van der Waals surface area contributed by atoms with Gasteiger partial charge in [-0.3, -0.25) is 14.4 Å². The van der Waals surface area contributed by atoms with Crippen LogP contribution in [0.2, 0.25) is 0 Å². The summed E-state index contributed by atoms with van der Waals surface area (Å²) in [7, 11) is 0. The standard InChI is InChI=1S/C29H18N4O4S3/c34-25-23-17-7-3-4-8-20(17)38-26(23)32-24(31-25)19-11-12-22(37-19)40-29-30-18-10-9-14(13-21(18)39-29)33-27(35)15-5-1-2-6-16(15)28(33)36/h1-2,5-6,9-13H,3-4,7-8H2,(H,31,32,34). The number of aromatic nitrogens is 3. The van der Waals surface area contributed by atoms with Gasteiger partial charge in [-0.2, -0.15) is 0 Å². The zero-order valence-electron chi connectivity index (χ0n) is 20.7. The fourth-order valence-corrected chi connectivity index (χ4v) is 8.63. The van der Waals surface area contributed by atoms with Gasteiger partial charge in [0.1, 0.15) is 4.83 Å². The van der Waals surface area contributed by atoms with Crippen LogP contribution >= 0.6 is 34.4 Å². The molecule has 2 aliphatic rings. The Bertz CT molecular complexity index is 2050. The molecule has 1 aliphatic heterocycles. The highest BCUT2D eigenvalue weighted by atomic mass is 32.2. The number of aryl methyl sites for hydroxylation is 2. The number of fused-ring (bicyclic) bond motifs is 5. The number of thiazole rings is 1. The average Bonchev–Trinajstić information content (AvgIpc) is 3.73. The largest absolute Gasteiger partial charge is 0.446 e. The molecule has 196 valence electrons. The number of nitrogens with one attached hydrogen (secondary N) is 1. The summed E-state index contributed by atoms with van der Waals surface area (Å²) < 4.78 is 7.65. The number of aromatic amines is 1. The summed E-state index contributed by atoms with van der Waals surface area (Å²) in [5.74, 6) is 0.254. The van der Waals surface area contributed by atoms with Gasteiger partial charge in [0.05, 0.1) is 32.4 Å². The van der Waals surface area contributed by atoms with Crippen LogP contribution in [0.15, 0.2) is 73.2 Å². The van der Waals surface area contributed by atoms with E-state index in [1.54, 1.807) is 47.7 Å². The Morgan fingerprint density at radius 1 is 0.900 bits per heavy atom. The maximum Gasteiger partial charge on any atom is 0.266 e. The molecule has 0 fully saturated rings. The third-order valence-electron chi connectivity index (χ3n) is 7.23. The van der Waals surface area contributed by atoms with Gasteiger partial charge in [-0.05, 0) is 85.5 Å². The fourth-order valence-electron chi connectivity index (χ4n) is 5.37. The van der Waals surface area contributed by atoms with E-state index >= 15 is 0 Å². The Kier molecular flexibility index (Phi) is 5.34. The predicted octanol–water partition coefficient (Wildman–Crippen LogP) is 6.68. The van der Waals surface area contributed by atoms with E-state index in [9.17, 15) is 14.4 Å². The van der Waals surface area contributed by atoms with Gasteiger partial charge in [-0.1, -0.05) is 12.1 Å². The van der Waals surface area contributed by atoms with Crippen LogP contribution in [0.25, 0.3) is 32.0 Å². The van der Waals surface area contributed by atoms with Crippen molar-refractivity contribution in [2.24, 2.45) is 0 Å². The van der Waals surface area contributed by atoms with Gasteiger partial charge < -0.3 is 9.40 Å². The first-order chi connectivity index (χ1) is 19.5. The topological polar surface area (TPSA) is 109 Å². The number of benzene rings is 2. The van der Waals surface area contributed by atoms with Crippen molar-refractivity contribution in [2.45, 2.75) is 35.1 Å². The zero-order valence-corrected chi connectivity index (χ0v) is 23.2. The minimum absolute atomic E-state index is 0.120. The minimum atomic E-state index is -0.324. The summed E-state index contributed by atoms with van der Waals surface area (Å²) in [6.45, 7) is 0. The van der Waals surface area contributed by atoms with Crippen LogP contribution in [0.5, 0.6) is 0 Å². The first kappa shape index (κ1) is 23.8. The van der Waals surface area contributed by atoms with Gasteiger partial charge in [-0.25, -0.2) is 14.9 Å². The predicted molar refractivity (Wildman–Crippen MR) is 156 cm³/mol. The number of nitrogens with zero attached hydrogens (tertiary/aromatic N) is 3. The Morgan fingerprint density at radius 3 is 2.52 bits per heavy atom. The minimum Gasteiger partial charge on any atom is -0.446 e. The van der Waals surface area contributed by atoms with Gasteiger partial charge >= 0.3 is 0 Å². The lowest BCUT2D eigenvalue weighted by Gasteiger charge is -2.13. The number of anilines is 1. The van der Waals surface area contributed by atoms with Gasteiger partial charge in [0, 0.05) is 4.88 Å². The van der Waals surface area contributed by atoms with Crippen LogP contribution in [-0.2, 0) is 12.8 Å². The number of carbonyl (C=O) groups excluding carboxylic acids is 2. The second-order valence-electron chi connectivity index (χ2n) is 9.65. The summed E-state index contributed by atoms with van der Waals surface area (Å²) in [5.41, 5.74) is 3.14. The molecule has 11 heteroatoms. The van der Waals surface area contributed by atoms with E-state index in [0.29, 0.717) is 33.5 Å². The van der Waals surface area contributed by atoms with Gasteiger partial charge in [0.15, 0.2) is 21.0 Å². The highest BCUT2D eigenvalue weighted by Gasteiger charge is 2.36. The molecule has 0 atom stereocenters. The number of furan rings is 1. The fraction of sp³-hybridized carbons (Fsp3) is 0.138. The maximum absolute atomic E-state index is 12.9. The second-order valence-corrected chi connectivity index (χ2v) is 13.0. The molecule has 2 amide bonds. The molecule has 0 radical (unpaired) electrons. The summed E-state index contributed by atoms with van der Waals surface area (Å²) >= 11 is 4.42. The molecule has 0 saturated carbocycles. The normalized spacial score (nSPS) is 14.8. The Labute approximate surface area is 238 Å².